The number of nitrogens with zero attached hydrogens (tertiary/aromatic N) is 1. The lowest BCUT2D eigenvalue weighted by Gasteiger charge is -2.17. The zero-order valence-corrected chi connectivity index (χ0v) is 13.9. The summed E-state index contributed by atoms with van der Waals surface area (Å²) >= 11 is 0. The van der Waals surface area contributed by atoms with Crippen molar-refractivity contribution in [2.24, 2.45) is 5.92 Å². The minimum Gasteiger partial charge on any atom is -0.456 e. The highest BCUT2D eigenvalue weighted by Gasteiger charge is 2.16. The molecule has 1 aromatic carbocycles. The summed E-state index contributed by atoms with van der Waals surface area (Å²) in [5.41, 5.74) is 1.90. The number of carbonyl (C=O) groups excluding carboxylic acids is 2. The Morgan fingerprint density at radius 1 is 1.17 bits per heavy atom. The Bertz CT molecular complexity index is 604. The van der Waals surface area contributed by atoms with Crippen LogP contribution in [0.2, 0.25) is 0 Å². The van der Waals surface area contributed by atoms with Crippen LogP contribution in [0, 0.1) is 5.92 Å². The topological polar surface area (TPSA) is 58.6 Å². The van der Waals surface area contributed by atoms with Gasteiger partial charge in [0.15, 0.2) is 6.61 Å². The van der Waals surface area contributed by atoms with E-state index in [0.717, 1.165) is 31.6 Å². The maximum atomic E-state index is 11.9. The van der Waals surface area contributed by atoms with E-state index in [9.17, 15) is 9.59 Å². The Morgan fingerprint density at radius 2 is 1.92 bits per heavy atom. The minimum atomic E-state index is -0.314. The summed E-state index contributed by atoms with van der Waals surface area (Å²) in [4.78, 5) is 25.9. The van der Waals surface area contributed by atoms with Gasteiger partial charge < -0.3 is 15.0 Å². The van der Waals surface area contributed by atoms with Gasteiger partial charge in [0.1, 0.15) is 0 Å². The molecule has 1 atom stereocenters. The molecule has 0 spiro atoms. The van der Waals surface area contributed by atoms with E-state index in [4.69, 9.17) is 4.74 Å². The van der Waals surface area contributed by atoms with E-state index in [-0.39, 0.29) is 24.4 Å². The highest BCUT2D eigenvalue weighted by molar-refractivity contribution is 5.93. The molecule has 1 saturated heterocycles. The van der Waals surface area contributed by atoms with Crippen LogP contribution < -0.4 is 10.2 Å². The Labute approximate surface area is 142 Å². The molecule has 1 aliphatic heterocycles. The van der Waals surface area contributed by atoms with Crippen LogP contribution in [0.4, 0.5) is 11.4 Å². The first-order valence-electron chi connectivity index (χ1n) is 8.68. The molecule has 5 heteroatoms. The van der Waals surface area contributed by atoms with Gasteiger partial charge in [-0.05, 0) is 55.9 Å². The van der Waals surface area contributed by atoms with Crippen molar-refractivity contribution in [3.05, 3.63) is 36.4 Å². The molecule has 1 heterocycles. The summed E-state index contributed by atoms with van der Waals surface area (Å²) in [5, 5.41) is 2.76. The van der Waals surface area contributed by atoms with Crippen LogP contribution in [0.15, 0.2) is 36.4 Å². The molecule has 1 amide bonds. The van der Waals surface area contributed by atoms with Crippen LogP contribution in [0.25, 0.3) is 0 Å². The average molecular weight is 328 g/mol. The van der Waals surface area contributed by atoms with Gasteiger partial charge in [-0.2, -0.15) is 0 Å². The zero-order valence-electron chi connectivity index (χ0n) is 13.9. The van der Waals surface area contributed by atoms with Crippen molar-refractivity contribution in [3.8, 4) is 0 Å². The second-order valence-electron chi connectivity index (χ2n) is 6.42. The van der Waals surface area contributed by atoms with Crippen LogP contribution in [0.5, 0.6) is 0 Å². The first-order chi connectivity index (χ1) is 11.7. The molecule has 1 aromatic rings. The summed E-state index contributed by atoms with van der Waals surface area (Å²) < 4.78 is 5.05. The first kappa shape index (κ1) is 16.6. The number of anilines is 2. The summed E-state index contributed by atoms with van der Waals surface area (Å²) in [7, 11) is 0. The average Bonchev–Trinajstić information content (AvgIpc) is 3.27. The molecule has 2 aliphatic rings. The van der Waals surface area contributed by atoms with Gasteiger partial charge in [0.25, 0.3) is 5.91 Å². The number of esters is 1. The highest BCUT2D eigenvalue weighted by atomic mass is 16.5. The first-order valence-corrected chi connectivity index (χ1v) is 8.68. The predicted octanol–water partition coefficient (Wildman–Crippen LogP) is 3.12. The number of hydrogen-bond acceptors (Lipinski definition) is 4. The standard InChI is InChI=1S/C19H24N2O3/c22-18(14-24-19(23)13-15-5-1-2-6-15)20-16-7-9-17(10-8-16)21-11-3-4-12-21/h1,5,7-10,15H,2-4,6,11-14H2,(H,20,22)/t15-/m0/s1. The Balaban J connectivity index is 1.41. The number of allylic oxidation sites excluding steroid dienone is 2. The predicted molar refractivity (Wildman–Crippen MR) is 94.0 cm³/mol. The summed E-state index contributed by atoms with van der Waals surface area (Å²) in [6.07, 6.45) is 8.96. The van der Waals surface area contributed by atoms with E-state index in [2.05, 4.69) is 16.3 Å². The van der Waals surface area contributed by atoms with Crippen LogP contribution in [0.3, 0.4) is 0 Å². The second-order valence-corrected chi connectivity index (χ2v) is 6.42. The molecule has 1 N–H and O–H groups in total. The smallest absolute Gasteiger partial charge is 0.306 e. The number of rotatable bonds is 6. The molecule has 1 fully saturated rings. The minimum absolute atomic E-state index is 0.233. The highest BCUT2D eigenvalue weighted by Crippen LogP contribution is 2.22. The van der Waals surface area contributed by atoms with Crippen LogP contribution in [-0.4, -0.2) is 31.6 Å². The van der Waals surface area contributed by atoms with Crippen molar-refractivity contribution >= 4 is 23.3 Å². The molecule has 0 aromatic heterocycles. The molecule has 0 bridgehead atoms. The number of carbonyl (C=O) groups is 2. The number of amides is 1. The van der Waals surface area contributed by atoms with Crippen molar-refractivity contribution in [2.75, 3.05) is 29.9 Å². The Morgan fingerprint density at radius 3 is 2.58 bits per heavy atom. The van der Waals surface area contributed by atoms with E-state index < -0.39 is 0 Å². The molecular weight excluding hydrogens is 304 g/mol. The van der Waals surface area contributed by atoms with Crippen molar-refractivity contribution in [1.29, 1.82) is 0 Å². The fraction of sp³-hybridized carbons (Fsp3) is 0.474. The lowest BCUT2D eigenvalue weighted by atomic mass is 10.1. The van der Waals surface area contributed by atoms with Crippen LogP contribution in [-0.2, 0) is 14.3 Å². The molecule has 0 unspecified atom stereocenters. The molecule has 24 heavy (non-hydrogen) atoms. The lowest BCUT2D eigenvalue weighted by molar-refractivity contribution is -0.147. The van der Waals surface area contributed by atoms with E-state index in [1.165, 1.54) is 18.5 Å². The third-order valence-electron chi connectivity index (χ3n) is 4.53. The Hall–Kier alpha value is -2.30. The number of ether oxygens (including phenoxy) is 1. The van der Waals surface area contributed by atoms with Crippen molar-refractivity contribution < 1.29 is 14.3 Å². The third kappa shape index (κ3) is 4.60. The maximum absolute atomic E-state index is 11.9. The molecule has 0 radical (unpaired) electrons. The normalized spacial score (nSPS) is 19.5. The number of hydrogen-bond donors (Lipinski definition) is 1. The fourth-order valence-corrected chi connectivity index (χ4v) is 3.21. The largest absolute Gasteiger partial charge is 0.456 e. The second kappa shape index (κ2) is 7.99. The van der Waals surface area contributed by atoms with Crippen molar-refractivity contribution in [2.45, 2.75) is 32.1 Å². The van der Waals surface area contributed by atoms with Crippen molar-refractivity contribution in [3.63, 3.8) is 0 Å². The van der Waals surface area contributed by atoms with Crippen LogP contribution in [0.1, 0.15) is 32.1 Å². The van der Waals surface area contributed by atoms with Gasteiger partial charge in [0.05, 0.1) is 6.42 Å². The molecule has 5 nitrogen and oxygen atoms in total. The van der Waals surface area contributed by atoms with E-state index >= 15 is 0 Å². The fourth-order valence-electron chi connectivity index (χ4n) is 3.21. The van der Waals surface area contributed by atoms with Gasteiger partial charge in [0, 0.05) is 24.5 Å². The van der Waals surface area contributed by atoms with Gasteiger partial charge in [-0.1, -0.05) is 12.2 Å². The molecule has 0 saturated carbocycles. The van der Waals surface area contributed by atoms with E-state index in [1.807, 2.05) is 30.3 Å². The molecular formula is C19H24N2O3. The number of benzene rings is 1. The summed E-state index contributed by atoms with van der Waals surface area (Å²) in [6, 6.07) is 7.80. The van der Waals surface area contributed by atoms with Gasteiger partial charge in [-0.3, -0.25) is 9.59 Å². The summed E-state index contributed by atoms with van der Waals surface area (Å²) in [5.74, 6) is -0.357. The summed E-state index contributed by atoms with van der Waals surface area (Å²) in [6.45, 7) is 1.96. The quantitative estimate of drug-likeness (QED) is 0.644. The molecule has 1 aliphatic carbocycles. The lowest BCUT2D eigenvalue weighted by Crippen LogP contribution is -2.22. The molecule has 128 valence electrons. The number of nitrogens with one attached hydrogen (secondary N) is 1. The Kier molecular flexibility index (Phi) is 5.51. The van der Waals surface area contributed by atoms with Gasteiger partial charge in [0.2, 0.25) is 0 Å². The van der Waals surface area contributed by atoms with Crippen LogP contribution >= 0.6 is 0 Å². The zero-order chi connectivity index (χ0) is 16.8. The van der Waals surface area contributed by atoms with Gasteiger partial charge in [-0.15, -0.1) is 0 Å². The van der Waals surface area contributed by atoms with E-state index in [0.29, 0.717) is 6.42 Å². The third-order valence-corrected chi connectivity index (χ3v) is 4.53. The SMILES string of the molecule is O=C(COC(=O)C[C@H]1C=CCC1)Nc1ccc(N2CCCC2)cc1. The monoisotopic (exact) mass is 328 g/mol. The maximum Gasteiger partial charge on any atom is 0.306 e. The van der Waals surface area contributed by atoms with Gasteiger partial charge >= 0.3 is 5.97 Å². The molecule has 3 rings (SSSR count). The van der Waals surface area contributed by atoms with E-state index in [1.54, 1.807) is 0 Å². The van der Waals surface area contributed by atoms with Gasteiger partial charge in [-0.25, -0.2) is 0 Å². The van der Waals surface area contributed by atoms with Crippen molar-refractivity contribution in [1.82, 2.24) is 0 Å².